The van der Waals surface area contributed by atoms with E-state index in [2.05, 4.69) is 15.2 Å². The minimum Gasteiger partial charge on any atom is -0.469 e. The molecule has 6 nitrogen and oxygen atoms in total. The van der Waals surface area contributed by atoms with Crippen LogP contribution >= 0.6 is 11.8 Å². The van der Waals surface area contributed by atoms with Crippen LogP contribution in [0.15, 0.2) is 46.5 Å². The lowest BCUT2D eigenvalue weighted by molar-refractivity contribution is -0.140. The first-order chi connectivity index (χ1) is 11.7. The number of nitrogens with one attached hydrogen (secondary N) is 1. The fourth-order valence-corrected chi connectivity index (χ4v) is 3.46. The summed E-state index contributed by atoms with van der Waals surface area (Å²) in [5, 5.41) is 15.5. The topological polar surface area (TPSA) is 88.0 Å². The average molecular weight is 348 g/mol. The standard InChI is InChI=1S/C17H20N2O4S/c1-23-15(20)10-6-5-9-14-16(19-22)13(11-24-14)18-17(21)12-7-3-2-4-8-12/h2-4,7-9,13,22H,5-6,10-11H2,1H3,(H,18,21)/b14-9-,19-16+/t13-/m1/s1. The normalized spacial score (nSPS) is 20.3. The van der Waals surface area contributed by atoms with E-state index in [0.717, 1.165) is 4.91 Å². The molecule has 1 fully saturated rings. The number of esters is 1. The molecule has 1 heterocycles. The number of thioether (sulfide) groups is 1. The Bertz CT molecular complexity index is 643. The van der Waals surface area contributed by atoms with Gasteiger partial charge in [-0.1, -0.05) is 29.4 Å². The van der Waals surface area contributed by atoms with Gasteiger partial charge in [-0.15, -0.1) is 11.8 Å². The molecule has 1 saturated heterocycles. The number of allylic oxidation sites excluding steroid dienone is 1. The second-order valence-corrected chi connectivity index (χ2v) is 6.29. The Morgan fingerprint density at radius 3 is 2.83 bits per heavy atom. The number of ether oxygens (including phenoxy) is 1. The minimum atomic E-state index is -0.334. The molecule has 128 valence electrons. The van der Waals surface area contributed by atoms with Gasteiger partial charge in [0.15, 0.2) is 0 Å². The molecule has 24 heavy (non-hydrogen) atoms. The number of methoxy groups -OCH3 is 1. The van der Waals surface area contributed by atoms with Gasteiger partial charge in [-0.25, -0.2) is 0 Å². The molecular formula is C17H20N2O4S. The van der Waals surface area contributed by atoms with Gasteiger partial charge in [-0.3, -0.25) is 9.59 Å². The summed E-state index contributed by atoms with van der Waals surface area (Å²) in [6.45, 7) is 0. The molecule has 1 aliphatic rings. The zero-order valence-electron chi connectivity index (χ0n) is 13.4. The molecule has 1 aliphatic heterocycles. The van der Waals surface area contributed by atoms with Crippen LogP contribution in [0.2, 0.25) is 0 Å². The van der Waals surface area contributed by atoms with Crippen molar-refractivity contribution in [1.29, 1.82) is 0 Å². The van der Waals surface area contributed by atoms with Crippen LogP contribution in [-0.4, -0.2) is 41.7 Å². The predicted octanol–water partition coefficient (Wildman–Crippen LogP) is 2.59. The maximum Gasteiger partial charge on any atom is 0.305 e. The van der Waals surface area contributed by atoms with Crippen molar-refractivity contribution in [2.75, 3.05) is 12.9 Å². The third-order valence-corrected chi connectivity index (χ3v) is 4.77. The molecule has 0 saturated carbocycles. The molecule has 2 rings (SSSR count). The molecule has 0 aromatic heterocycles. The molecule has 0 bridgehead atoms. The van der Waals surface area contributed by atoms with Crippen LogP contribution in [0.25, 0.3) is 0 Å². The Morgan fingerprint density at radius 1 is 1.42 bits per heavy atom. The van der Waals surface area contributed by atoms with Crippen molar-refractivity contribution in [2.45, 2.75) is 25.3 Å². The number of hydrogen-bond donors (Lipinski definition) is 2. The van der Waals surface area contributed by atoms with Crippen LogP contribution in [0.1, 0.15) is 29.6 Å². The molecule has 2 N–H and O–H groups in total. The minimum absolute atomic E-state index is 0.200. The van der Waals surface area contributed by atoms with E-state index in [9.17, 15) is 14.8 Å². The van der Waals surface area contributed by atoms with Crippen molar-refractivity contribution in [3.63, 3.8) is 0 Å². The van der Waals surface area contributed by atoms with Crippen molar-refractivity contribution >= 4 is 29.4 Å². The maximum absolute atomic E-state index is 12.2. The summed E-state index contributed by atoms with van der Waals surface area (Å²) >= 11 is 1.52. The fourth-order valence-electron chi connectivity index (χ4n) is 2.30. The van der Waals surface area contributed by atoms with E-state index in [1.807, 2.05) is 12.1 Å². The van der Waals surface area contributed by atoms with Crippen molar-refractivity contribution in [3.8, 4) is 0 Å². The maximum atomic E-state index is 12.2. The number of carbonyl (C=O) groups is 2. The second kappa shape index (κ2) is 9.12. The van der Waals surface area contributed by atoms with Crippen LogP contribution in [0, 0.1) is 0 Å². The van der Waals surface area contributed by atoms with Crippen LogP contribution < -0.4 is 5.32 Å². The van der Waals surface area contributed by atoms with Gasteiger partial charge in [-0.2, -0.15) is 0 Å². The zero-order chi connectivity index (χ0) is 17.4. The predicted molar refractivity (Wildman–Crippen MR) is 93.3 cm³/mol. The number of oxime groups is 1. The van der Waals surface area contributed by atoms with E-state index in [-0.39, 0.29) is 17.9 Å². The molecule has 7 heteroatoms. The van der Waals surface area contributed by atoms with E-state index in [1.54, 1.807) is 24.3 Å². The van der Waals surface area contributed by atoms with E-state index in [0.29, 0.717) is 36.3 Å². The molecule has 1 aromatic carbocycles. The largest absolute Gasteiger partial charge is 0.469 e. The zero-order valence-corrected chi connectivity index (χ0v) is 14.2. The van der Waals surface area contributed by atoms with Gasteiger partial charge in [0.25, 0.3) is 5.91 Å². The highest BCUT2D eigenvalue weighted by molar-refractivity contribution is 8.04. The van der Waals surface area contributed by atoms with Gasteiger partial charge in [0, 0.05) is 22.6 Å². The number of hydrogen-bond acceptors (Lipinski definition) is 6. The Balaban J connectivity index is 1.92. The third-order valence-electron chi connectivity index (χ3n) is 3.58. The second-order valence-electron chi connectivity index (χ2n) is 5.23. The number of rotatable bonds is 6. The number of unbranched alkanes of at least 4 members (excludes halogenated alkanes) is 1. The third kappa shape index (κ3) is 4.86. The monoisotopic (exact) mass is 348 g/mol. The highest BCUT2D eigenvalue weighted by Gasteiger charge is 2.30. The SMILES string of the molecule is COC(=O)CCC/C=C1\SC[C@@H](NC(=O)c2ccccc2)\C1=N/O. The van der Waals surface area contributed by atoms with Gasteiger partial charge >= 0.3 is 5.97 Å². The van der Waals surface area contributed by atoms with Crippen LogP contribution in [-0.2, 0) is 9.53 Å². The van der Waals surface area contributed by atoms with Crippen LogP contribution in [0.5, 0.6) is 0 Å². The quantitative estimate of drug-likeness (QED) is 0.357. The molecule has 0 aliphatic carbocycles. The van der Waals surface area contributed by atoms with Crippen molar-refractivity contribution < 1.29 is 19.5 Å². The first-order valence-corrected chi connectivity index (χ1v) is 8.62. The first-order valence-electron chi connectivity index (χ1n) is 7.63. The molecular weight excluding hydrogens is 328 g/mol. The smallest absolute Gasteiger partial charge is 0.305 e. The fraction of sp³-hybridized carbons (Fsp3) is 0.353. The highest BCUT2D eigenvalue weighted by Crippen LogP contribution is 2.29. The van der Waals surface area contributed by atoms with E-state index in [1.165, 1.54) is 18.9 Å². The lowest BCUT2D eigenvalue weighted by Crippen LogP contribution is -2.39. The Hall–Kier alpha value is -2.28. The van der Waals surface area contributed by atoms with Crippen molar-refractivity contribution in [2.24, 2.45) is 5.16 Å². The number of benzene rings is 1. The lowest BCUT2D eigenvalue weighted by Gasteiger charge is -2.12. The Morgan fingerprint density at radius 2 is 2.17 bits per heavy atom. The van der Waals surface area contributed by atoms with Gasteiger partial charge in [0.05, 0.1) is 13.2 Å². The van der Waals surface area contributed by atoms with Gasteiger partial charge in [0.2, 0.25) is 0 Å². The van der Waals surface area contributed by atoms with E-state index >= 15 is 0 Å². The molecule has 0 spiro atoms. The van der Waals surface area contributed by atoms with E-state index < -0.39 is 0 Å². The average Bonchev–Trinajstić information content (AvgIpc) is 3.00. The molecule has 1 amide bonds. The highest BCUT2D eigenvalue weighted by atomic mass is 32.2. The molecule has 0 unspecified atom stereocenters. The molecule has 1 atom stereocenters. The van der Waals surface area contributed by atoms with Gasteiger partial charge < -0.3 is 15.3 Å². The van der Waals surface area contributed by atoms with Crippen LogP contribution in [0.3, 0.4) is 0 Å². The first kappa shape index (κ1) is 18.1. The van der Waals surface area contributed by atoms with Gasteiger partial charge in [-0.05, 0) is 25.0 Å². The van der Waals surface area contributed by atoms with Crippen molar-refractivity contribution in [3.05, 3.63) is 46.9 Å². The number of nitrogens with zero attached hydrogens (tertiary/aromatic N) is 1. The van der Waals surface area contributed by atoms with Crippen LogP contribution in [0.4, 0.5) is 0 Å². The summed E-state index contributed by atoms with van der Waals surface area (Å²) in [6, 6.07) is 8.57. The Labute approximate surface area is 145 Å². The summed E-state index contributed by atoms with van der Waals surface area (Å²) in [6.07, 6.45) is 3.62. The summed E-state index contributed by atoms with van der Waals surface area (Å²) in [4.78, 5) is 24.1. The van der Waals surface area contributed by atoms with Gasteiger partial charge in [0.1, 0.15) is 5.71 Å². The number of carbonyl (C=O) groups excluding carboxylic acids is 2. The molecule has 1 aromatic rings. The summed E-state index contributed by atoms with van der Waals surface area (Å²) in [7, 11) is 1.37. The molecule has 0 radical (unpaired) electrons. The number of amides is 1. The summed E-state index contributed by atoms with van der Waals surface area (Å²) < 4.78 is 4.59. The summed E-state index contributed by atoms with van der Waals surface area (Å²) in [5.41, 5.74) is 1.03. The summed E-state index contributed by atoms with van der Waals surface area (Å²) in [5.74, 6) is 0.173. The van der Waals surface area contributed by atoms with Crippen molar-refractivity contribution in [1.82, 2.24) is 5.32 Å². The lowest BCUT2D eigenvalue weighted by atomic mass is 10.1. The van der Waals surface area contributed by atoms with E-state index in [4.69, 9.17) is 0 Å². The Kier molecular flexibility index (Phi) is 6.87.